The Labute approximate surface area is 681 Å². The van der Waals surface area contributed by atoms with Crippen molar-refractivity contribution in [3.8, 4) is 0 Å². The van der Waals surface area contributed by atoms with Crippen LogP contribution in [0, 0.1) is 0 Å². The van der Waals surface area contributed by atoms with E-state index in [0.29, 0.717) is 0 Å². The summed E-state index contributed by atoms with van der Waals surface area (Å²) in [4.78, 5) is 9.90. The summed E-state index contributed by atoms with van der Waals surface area (Å²) < 4.78 is 14.6. The minimum atomic E-state index is -0.142. The molecule has 0 unspecified atom stereocenters. The molecule has 0 spiro atoms. The summed E-state index contributed by atoms with van der Waals surface area (Å²) in [7, 11) is 0. The van der Waals surface area contributed by atoms with Crippen molar-refractivity contribution < 1.29 is 8.83 Å². The highest BCUT2D eigenvalue weighted by molar-refractivity contribution is 9.10. The largest absolute Gasteiger partial charge is 0.468 e. The van der Waals surface area contributed by atoms with Crippen LogP contribution < -0.4 is 36.2 Å². The first-order valence-electron chi connectivity index (χ1n) is 40.7. The van der Waals surface area contributed by atoms with E-state index in [1.54, 1.807) is 0 Å². The smallest absolute Gasteiger partial charge is 0.297 e. The molecule has 0 amide bonds. The molecule has 2 aliphatic heterocycles. The van der Waals surface area contributed by atoms with Gasteiger partial charge < -0.3 is 28.4 Å². The number of nitrogens with zero attached hydrogens (tertiary/aromatic N) is 4. The molecule has 0 N–H and O–H groups in total. The molecule has 112 heavy (non-hydrogen) atoms. The molecule has 0 bridgehead atoms. The average molecular weight is 1550 g/mol. The summed E-state index contributed by atoms with van der Waals surface area (Å²) in [5, 5.41) is 2.25. The van der Waals surface area contributed by atoms with Crippen LogP contribution in [0.1, 0.15) is 263 Å². The molecule has 0 aliphatic carbocycles. The maximum absolute atomic E-state index is 7.22. The van der Waals surface area contributed by atoms with Gasteiger partial charge in [-0.3, -0.25) is 0 Å². The van der Waals surface area contributed by atoms with Gasteiger partial charge in [0.1, 0.15) is 17.4 Å². The van der Waals surface area contributed by atoms with Gasteiger partial charge in [-0.2, -0.15) is 0 Å². The first kappa shape index (κ1) is 81.1. The van der Waals surface area contributed by atoms with Crippen LogP contribution >= 0.6 is 15.9 Å². The van der Waals surface area contributed by atoms with E-state index < -0.39 is 0 Å². The molecule has 0 atom stereocenters. The van der Waals surface area contributed by atoms with E-state index in [1.807, 2.05) is 6.26 Å². The van der Waals surface area contributed by atoms with E-state index in [4.69, 9.17) is 8.83 Å². The van der Waals surface area contributed by atoms with Crippen LogP contribution in [0.3, 0.4) is 0 Å². The number of rotatable bonds is 8. The second-order valence-corrected chi connectivity index (χ2v) is 43.3. The number of hydrogen-bond donors (Lipinski definition) is 0. The lowest BCUT2D eigenvalue weighted by atomic mass is 9.35. The van der Waals surface area contributed by atoms with Gasteiger partial charge in [0.05, 0.1) is 22.7 Å². The van der Waals surface area contributed by atoms with Gasteiger partial charge in [0.15, 0.2) is 0 Å². The lowest BCUT2D eigenvalue weighted by molar-refractivity contribution is 0.589. The molecule has 14 rings (SSSR count). The first-order chi connectivity index (χ1) is 51.7. The van der Waals surface area contributed by atoms with Gasteiger partial charge >= 0.3 is 0 Å². The molecule has 582 valence electrons. The van der Waals surface area contributed by atoms with Crippen LogP contribution in [0.15, 0.2) is 220 Å². The van der Waals surface area contributed by atoms with E-state index in [2.05, 4.69) is 443 Å². The third-order valence-corrected chi connectivity index (χ3v) is 23.9. The third kappa shape index (κ3) is 15.9. The predicted molar refractivity (Wildman–Crippen MR) is 491 cm³/mol. The number of benzene rings is 10. The topological polar surface area (TPSA) is 39.2 Å². The molecule has 2 aromatic heterocycles. The van der Waals surface area contributed by atoms with Crippen LogP contribution in [-0.2, 0) is 54.1 Å². The zero-order valence-corrected chi connectivity index (χ0v) is 74.8. The van der Waals surface area contributed by atoms with Crippen LogP contribution in [0.4, 0.5) is 68.2 Å². The SMILES string of the molecule is CC(C)(C)c1ccc(N(c2cc(N(c3ccc(C(C)(C)C)cc3)c3coc4ccc(C(C)(C)C)cc34)cc(C(C)(C)C)c2)c2cc(C(C)(C)C)ccc2Br)cc1.CC(C)(C)c1ccc(N2c3cc(C(C)(C)C)ccc3B3c4oc5ccc(C(C)(C)C)cc5c4N(c4ccc(C(C)(C)C)cc4)c4cc(C(C)(C)C)cc2c43)cc1. The first-order valence-corrected chi connectivity index (χ1v) is 41.5. The summed E-state index contributed by atoms with van der Waals surface area (Å²) in [5.41, 5.74) is 31.8. The Morgan fingerprint density at radius 2 is 0.625 bits per heavy atom. The maximum atomic E-state index is 7.22. The molecule has 8 heteroatoms. The maximum Gasteiger partial charge on any atom is 0.297 e. The molecule has 6 nitrogen and oxygen atoms in total. The molecule has 0 saturated carbocycles. The fourth-order valence-corrected chi connectivity index (χ4v) is 16.2. The zero-order valence-electron chi connectivity index (χ0n) is 73.2. The second kappa shape index (κ2) is 28.2. The number of furan rings is 2. The van der Waals surface area contributed by atoms with Gasteiger partial charge in [0.25, 0.3) is 6.71 Å². The summed E-state index contributed by atoms with van der Waals surface area (Å²) in [6.45, 7) is 68.7. The fraction of sp³-hybridized carbons (Fsp3) is 0.385. The predicted octanol–water partition coefficient (Wildman–Crippen LogP) is 29.6. The van der Waals surface area contributed by atoms with Gasteiger partial charge in [-0.25, -0.2) is 0 Å². The van der Waals surface area contributed by atoms with Crippen LogP contribution in [0.2, 0.25) is 0 Å². The van der Waals surface area contributed by atoms with E-state index in [9.17, 15) is 0 Å². The lowest BCUT2D eigenvalue weighted by Gasteiger charge is -2.44. The van der Waals surface area contributed by atoms with Crippen LogP contribution in [-0.4, -0.2) is 6.71 Å². The van der Waals surface area contributed by atoms with Gasteiger partial charge in [-0.05, 0) is 258 Å². The summed E-state index contributed by atoms with van der Waals surface area (Å²) in [5.74, 6) is 0. The Morgan fingerprint density at radius 1 is 0.286 bits per heavy atom. The summed E-state index contributed by atoms with van der Waals surface area (Å²) in [6.07, 6.45) is 1.94. The quantitative estimate of drug-likeness (QED) is 0.141. The molecular formula is C104H124BBrN4O2. The Balaban J connectivity index is 0.000000196. The second-order valence-electron chi connectivity index (χ2n) is 42.4. The highest BCUT2D eigenvalue weighted by Crippen LogP contribution is 2.53. The van der Waals surface area contributed by atoms with E-state index in [-0.39, 0.29) is 60.9 Å². The third-order valence-electron chi connectivity index (χ3n) is 23.2. The molecule has 10 aromatic carbocycles. The van der Waals surface area contributed by atoms with Gasteiger partial charge in [0.2, 0.25) is 0 Å². The number of anilines is 12. The van der Waals surface area contributed by atoms with Crippen molar-refractivity contribution in [2.75, 3.05) is 19.6 Å². The molecule has 0 fully saturated rings. The molecular weight excluding hydrogens is 1430 g/mol. The van der Waals surface area contributed by atoms with Crippen molar-refractivity contribution in [1.29, 1.82) is 0 Å². The van der Waals surface area contributed by atoms with Crippen molar-refractivity contribution in [2.45, 2.75) is 262 Å². The number of fused-ring (bicyclic) bond motifs is 7. The monoisotopic (exact) mass is 1550 g/mol. The van der Waals surface area contributed by atoms with E-state index >= 15 is 0 Å². The lowest BCUT2D eigenvalue weighted by Crippen LogP contribution is -2.61. The molecule has 12 aromatic rings. The summed E-state index contributed by atoms with van der Waals surface area (Å²) >= 11 is 4.02. The van der Waals surface area contributed by atoms with Crippen LogP contribution in [0.5, 0.6) is 0 Å². The van der Waals surface area contributed by atoms with Crippen molar-refractivity contribution in [3.63, 3.8) is 0 Å². The highest BCUT2D eigenvalue weighted by Gasteiger charge is 2.48. The molecule has 4 heterocycles. The molecule has 0 saturated heterocycles. The minimum absolute atomic E-state index is 0.0134. The van der Waals surface area contributed by atoms with Gasteiger partial charge in [-0.1, -0.05) is 287 Å². The van der Waals surface area contributed by atoms with Crippen molar-refractivity contribution >= 4 is 129 Å². The van der Waals surface area contributed by atoms with Crippen molar-refractivity contribution in [1.82, 2.24) is 0 Å². The van der Waals surface area contributed by atoms with Gasteiger partial charge in [0, 0.05) is 66.4 Å². The highest BCUT2D eigenvalue weighted by atomic mass is 79.9. The molecule has 2 aliphatic rings. The van der Waals surface area contributed by atoms with Crippen molar-refractivity contribution in [2.24, 2.45) is 0 Å². The zero-order chi connectivity index (χ0) is 81.7. The minimum Gasteiger partial charge on any atom is -0.468 e. The number of halogens is 1. The number of hydrogen-bond acceptors (Lipinski definition) is 6. The Kier molecular flexibility index (Phi) is 20.4. The van der Waals surface area contributed by atoms with E-state index in [0.717, 1.165) is 77.6 Å². The Morgan fingerprint density at radius 3 is 1.07 bits per heavy atom. The fourth-order valence-electron chi connectivity index (χ4n) is 15.8. The average Bonchev–Trinajstić information content (AvgIpc) is 1.03. The summed E-state index contributed by atoms with van der Waals surface area (Å²) in [6, 6.07) is 76.3. The molecule has 0 radical (unpaired) electrons. The van der Waals surface area contributed by atoms with Crippen LogP contribution in [0.25, 0.3) is 21.9 Å². The normalized spacial score (nSPS) is 13.8. The van der Waals surface area contributed by atoms with E-state index in [1.165, 1.54) is 89.3 Å². The standard InChI is InChI=1S/C52H61BN2O.C52H63BrN2O/c1-48(2,3)32-16-22-37(23-17-32)54-41-29-35(51(10,11)12)20-26-40(41)53-45-42(54)30-36(52(13,14)15)31-43(45)55(38-24-18-33(19-25-38)49(4,5)6)46-39-28-34(50(7,8)9)21-27-44(39)56-47(46)53;1-48(2,3)34-16-22-39(23-17-34)54(45-31-37(51(10,11)12)20-26-44(45)53)41-28-38(52(13,14)15)29-42(32-41)55(40-24-18-35(19-25-40)49(4,5)6)46-33-56-47-27-21-36(30-43(46)47)50(7,8)9/h16-31H,1-15H3;16-33H,1-15H3. The van der Waals surface area contributed by atoms with Crippen molar-refractivity contribution in [3.05, 3.63) is 267 Å². The Hall–Kier alpha value is -8.98. The Bertz CT molecular complexity index is 5500. The van der Waals surface area contributed by atoms with Gasteiger partial charge in [-0.15, -0.1) is 0 Å².